The first-order chi connectivity index (χ1) is 14.2. The maximum Gasteiger partial charge on any atom is 0.194 e. The lowest BCUT2D eigenvalue weighted by atomic mass is 10.1. The summed E-state index contributed by atoms with van der Waals surface area (Å²) < 4.78 is 24.3. The molecular formula is C22H29FN4O2. The van der Waals surface area contributed by atoms with Crippen LogP contribution in [0.1, 0.15) is 11.1 Å². The van der Waals surface area contributed by atoms with E-state index in [0.29, 0.717) is 12.1 Å². The van der Waals surface area contributed by atoms with Crippen LogP contribution in [0.5, 0.6) is 5.75 Å². The lowest BCUT2D eigenvalue weighted by Crippen LogP contribution is -2.52. The second kappa shape index (κ2) is 10.1. The number of aliphatic imine (C=N–C) groups is 1. The van der Waals surface area contributed by atoms with Gasteiger partial charge in [0.1, 0.15) is 11.6 Å². The van der Waals surface area contributed by atoms with Crippen molar-refractivity contribution in [3.63, 3.8) is 0 Å². The second-order valence-corrected chi connectivity index (χ2v) is 6.91. The van der Waals surface area contributed by atoms with Gasteiger partial charge in [0.15, 0.2) is 5.96 Å². The molecule has 1 aliphatic heterocycles. The summed E-state index contributed by atoms with van der Waals surface area (Å²) in [5, 5.41) is 3.39. The van der Waals surface area contributed by atoms with Crippen molar-refractivity contribution in [3.05, 3.63) is 59.4 Å². The fourth-order valence-electron chi connectivity index (χ4n) is 3.57. The van der Waals surface area contributed by atoms with Crippen LogP contribution in [0.3, 0.4) is 0 Å². The van der Waals surface area contributed by atoms with Gasteiger partial charge in [0, 0.05) is 52.4 Å². The average Bonchev–Trinajstić information content (AvgIpc) is 2.77. The quantitative estimate of drug-likeness (QED) is 0.597. The predicted octanol–water partition coefficient (Wildman–Crippen LogP) is 2.88. The molecule has 3 rings (SSSR count). The predicted molar refractivity (Wildman–Crippen MR) is 114 cm³/mol. The largest absolute Gasteiger partial charge is 0.495 e. The number of piperazine rings is 1. The third kappa shape index (κ3) is 5.17. The first-order valence-electron chi connectivity index (χ1n) is 9.76. The van der Waals surface area contributed by atoms with Crippen molar-refractivity contribution in [2.75, 3.05) is 52.3 Å². The number of nitrogens with one attached hydrogen (secondary N) is 1. The molecule has 1 saturated heterocycles. The van der Waals surface area contributed by atoms with Crippen LogP contribution < -0.4 is 15.0 Å². The van der Waals surface area contributed by atoms with Crippen molar-refractivity contribution < 1.29 is 13.9 Å². The van der Waals surface area contributed by atoms with Crippen LogP contribution in [0.4, 0.5) is 10.1 Å². The van der Waals surface area contributed by atoms with E-state index >= 15 is 0 Å². The Morgan fingerprint density at radius 2 is 1.86 bits per heavy atom. The minimum absolute atomic E-state index is 0.243. The molecule has 0 aliphatic carbocycles. The topological polar surface area (TPSA) is 49.3 Å². The molecule has 2 aromatic carbocycles. The van der Waals surface area contributed by atoms with E-state index in [1.165, 1.54) is 6.07 Å². The number of halogens is 1. The van der Waals surface area contributed by atoms with Crippen LogP contribution in [0.2, 0.25) is 0 Å². The molecule has 1 N–H and O–H groups in total. The number of rotatable bonds is 6. The molecule has 0 bridgehead atoms. The zero-order valence-corrected chi connectivity index (χ0v) is 17.3. The standard InChI is InChI=1S/C22H29FN4O2/c1-24-22(25-15-17-8-9-19(23)18(14-17)16-28-2)27-12-10-26(11-13-27)20-6-4-5-7-21(20)29-3/h4-9,14H,10-13,15-16H2,1-3H3,(H,24,25). The monoisotopic (exact) mass is 400 g/mol. The van der Waals surface area contributed by atoms with Gasteiger partial charge in [0.2, 0.25) is 0 Å². The van der Waals surface area contributed by atoms with Gasteiger partial charge in [-0.1, -0.05) is 18.2 Å². The van der Waals surface area contributed by atoms with Crippen molar-refractivity contribution in [1.82, 2.24) is 10.2 Å². The van der Waals surface area contributed by atoms with E-state index in [1.807, 2.05) is 24.3 Å². The van der Waals surface area contributed by atoms with E-state index in [0.717, 1.165) is 49.1 Å². The summed E-state index contributed by atoms with van der Waals surface area (Å²) in [6.07, 6.45) is 0. The highest BCUT2D eigenvalue weighted by molar-refractivity contribution is 5.80. The van der Waals surface area contributed by atoms with Crippen molar-refractivity contribution in [2.24, 2.45) is 4.99 Å². The average molecular weight is 400 g/mol. The summed E-state index contributed by atoms with van der Waals surface area (Å²) in [4.78, 5) is 9.00. The van der Waals surface area contributed by atoms with Gasteiger partial charge in [0.05, 0.1) is 19.4 Å². The highest BCUT2D eigenvalue weighted by Gasteiger charge is 2.21. The van der Waals surface area contributed by atoms with E-state index in [9.17, 15) is 4.39 Å². The molecule has 156 valence electrons. The number of anilines is 1. The van der Waals surface area contributed by atoms with Crippen molar-refractivity contribution in [1.29, 1.82) is 0 Å². The Hall–Kier alpha value is -2.80. The molecule has 0 radical (unpaired) electrons. The smallest absolute Gasteiger partial charge is 0.194 e. The summed E-state index contributed by atoms with van der Waals surface area (Å²) in [6.45, 7) is 4.33. The number of hydrogen-bond donors (Lipinski definition) is 1. The number of ether oxygens (including phenoxy) is 2. The van der Waals surface area contributed by atoms with Crippen molar-refractivity contribution >= 4 is 11.6 Å². The van der Waals surface area contributed by atoms with Gasteiger partial charge in [-0.2, -0.15) is 0 Å². The number of hydrogen-bond acceptors (Lipinski definition) is 4. The Morgan fingerprint density at radius 3 is 2.55 bits per heavy atom. The Bertz CT molecular complexity index is 835. The molecular weight excluding hydrogens is 371 g/mol. The van der Waals surface area contributed by atoms with Crippen LogP contribution in [0.25, 0.3) is 0 Å². The normalized spacial score (nSPS) is 14.8. The highest BCUT2D eigenvalue weighted by Crippen LogP contribution is 2.28. The maximum absolute atomic E-state index is 13.8. The second-order valence-electron chi connectivity index (χ2n) is 6.91. The minimum atomic E-state index is -0.243. The Labute approximate surface area is 171 Å². The van der Waals surface area contributed by atoms with Gasteiger partial charge >= 0.3 is 0 Å². The summed E-state index contributed by atoms with van der Waals surface area (Å²) in [6, 6.07) is 13.2. The molecule has 1 heterocycles. The zero-order valence-electron chi connectivity index (χ0n) is 17.3. The maximum atomic E-state index is 13.8. The van der Waals surface area contributed by atoms with Gasteiger partial charge in [-0.3, -0.25) is 4.99 Å². The Kier molecular flexibility index (Phi) is 7.30. The first kappa shape index (κ1) is 20.9. The van der Waals surface area contributed by atoms with Gasteiger partial charge in [-0.15, -0.1) is 0 Å². The van der Waals surface area contributed by atoms with Gasteiger partial charge in [0.25, 0.3) is 0 Å². The summed E-state index contributed by atoms with van der Waals surface area (Å²) >= 11 is 0. The molecule has 2 aromatic rings. The fraction of sp³-hybridized carbons (Fsp3) is 0.409. The number of guanidine groups is 1. The third-order valence-electron chi connectivity index (χ3n) is 5.08. The lowest BCUT2D eigenvalue weighted by Gasteiger charge is -2.38. The molecule has 1 fully saturated rings. The van der Waals surface area contributed by atoms with E-state index in [1.54, 1.807) is 27.3 Å². The molecule has 29 heavy (non-hydrogen) atoms. The number of methoxy groups -OCH3 is 2. The summed E-state index contributed by atoms with van der Waals surface area (Å²) in [5.41, 5.74) is 2.68. The van der Waals surface area contributed by atoms with Crippen LogP contribution in [0, 0.1) is 5.82 Å². The van der Waals surface area contributed by atoms with Crippen molar-refractivity contribution in [2.45, 2.75) is 13.2 Å². The number of para-hydroxylation sites is 2. The first-order valence-corrected chi connectivity index (χ1v) is 9.76. The van der Waals surface area contributed by atoms with E-state index in [2.05, 4.69) is 26.2 Å². The lowest BCUT2D eigenvalue weighted by molar-refractivity contribution is 0.181. The minimum Gasteiger partial charge on any atom is -0.495 e. The zero-order chi connectivity index (χ0) is 20.6. The molecule has 0 amide bonds. The number of benzene rings is 2. The Morgan fingerprint density at radius 1 is 1.10 bits per heavy atom. The highest BCUT2D eigenvalue weighted by atomic mass is 19.1. The van der Waals surface area contributed by atoms with Gasteiger partial charge in [-0.25, -0.2) is 4.39 Å². The molecule has 6 nitrogen and oxygen atoms in total. The van der Waals surface area contributed by atoms with Crippen molar-refractivity contribution in [3.8, 4) is 5.75 Å². The van der Waals surface area contributed by atoms with Crippen LogP contribution >= 0.6 is 0 Å². The molecule has 0 atom stereocenters. The number of nitrogens with zero attached hydrogens (tertiary/aromatic N) is 3. The van der Waals surface area contributed by atoms with Gasteiger partial charge < -0.3 is 24.6 Å². The molecule has 7 heteroatoms. The molecule has 0 unspecified atom stereocenters. The van der Waals surface area contributed by atoms with E-state index in [4.69, 9.17) is 9.47 Å². The Balaban J connectivity index is 1.57. The third-order valence-corrected chi connectivity index (χ3v) is 5.08. The van der Waals surface area contributed by atoms with Crippen LogP contribution in [0.15, 0.2) is 47.5 Å². The van der Waals surface area contributed by atoms with Crippen LogP contribution in [-0.2, 0) is 17.9 Å². The molecule has 0 saturated carbocycles. The summed E-state index contributed by atoms with van der Waals surface area (Å²) in [5.74, 6) is 1.50. The molecule has 0 spiro atoms. The SMILES string of the molecule is CN=C(NCc1ccc(F)c(COC)c1)N1CCN(c2ccccc2OC)CC1. The van der Waals surface area contributed by atoms with E-state index < -0.39 is 0 Å². The molecule has 1 aliphatic rings. The fourth-order valence-corrected chi connectivity index (χ4v) is 3.57. The molecule has 0 aromatic heterocycles. The summed E-state index contributed by atoms with van der Waals surface area (Å²) in [7, 11) is 5.06. The van der Waals surface area contributed by atoms with E-state index in [-0.39, 0.29) is 12.4 Å². The van der Waals surface area contributed by atoms with Crippen LogP contribution in [-0.4, -0.2) is 58.3 Å². The van der Waals surface area contributed by atoms with Gasteiger partial charge in [-0.05, 0) is 29.8 Å².